The highest BCUT2D eigenvalue weighted by Gasteiger charge is 2.00. The number of nitrogens with one attached hydrogen (secondary N) is 2. The molecular weight excluding hydrogens is 234 g/mol. The summed E-state index contributed by atoms with van der Waals surface area (Å²) in [4.78, 5) is 37.7. The first-order valence-corrected chi connectivity index (χ1v) is 5.10. The zero-order valence-corrected chi connectivity index (χ0v) is 9.24. The topological polar surface area (TPSA) is 109 Å². The summed E-state index contributed by atoms with van der Waals surface area (Å²) in [6.45, 7) is 0. The maximum atomic E-state index is 11.5. The van der Waals surface area contributed by atoms with Crippen LogP contribution in [0.1, 0.15) is 12.0 Å². The van der Waals surface area contributed by atoms with Gasteiger partial charge in [0.05, 0.1) is 17.3 Å². The van der Waals surface area contributed by atoms with Gasteiger partial charge in [0.1, 0.15) is 0 Å². The summed E-state index contributed by atoms with van der Waals surface area (Å²) in [7, 11) is 0. The highest BCUT2D eigenvalue weighted by atomic mass is 16.2. The first-order chi connectivity index (χ1) is 8.56. The van der Waals surface area contributed by atoms with E-state index in [2.05, 4.69) is 21.8 Å². The Hall–Kier alpha value is -2.81. The summed E-state index contributed by atoms with van der Waals surface area (Å²) in [6.07, 6.45) is -0.0416. The summed E-state index contributed by atoms with van der Waals surface area (Å²) < 4.78 is 0. The third-order valence-corrected chi connectivity index (χ3v) is 2.23. The van der Waals surface area contributed by atoms with E-state index in [1.54, 1.807) is 12.1 Å². The number of hydrogen-bond acceptors (Lipinski definition) is 3. The molecule has 18 heavy (non-hydrogen) atoms. The lowest BCUT2D eigenvalue weighted by molar-refractivity contribution is -0.117. The fourth-order valence-corrected chi connectivity index (χ4v) is 1.48. The Labute approximate surface area is 101 Å². The van der Waals surface area contributed by atoms with E-state index >= 15 is 0 Å². The van der Waals surface area contributed by atoms with Crippen LogP contribution in [0.2, 0.25) is 0 Å². The Morgan fingerprint density at radius 2 is 2.06 bits per heavy atom. The minimum absolute atomic E-state index is 0.0416. The van der Waals surface area contributed by atoms with Crippen LogP contribution in [0, 0.1) is 11.8 Å². The molecule has 1 heterocycles. The molecule has 0 fully saturated rings. The summed E-state index contributed by atoms with van der Waals surface area (Å²) in [5.74, 6) is 4.79. The van der Waals surface area contributed by atoms with Gasteiger partial charge in [-0.3, -0.25) is 14.6 Å². The van der Waals surface area contributed by atoms with Gasteiger partial charge < -0.3 is 10.7 Å². The molecule has 0 aliphatic heterocycles. The van der Waals surface area contributed by atoms with Gasteiger partial charge in [0, 0.05) is 5.56 Å². The maximum Gasteiger partial charge on any atom is 0.326 e. The predicted octanol–water partition coefficient (Wildman–Crippen LogP) is -0.557. The van der Waals surface area contributed by atoms with Crippen LogP contribution >= 0.6 is 0 Å². The molecule has 0 atom stereocenters. The lowest BCUT2D eigenvalue weighted by Gasteiger charge is -1.96. The van der Waals surface area contributed by atoms with Gasteiger partial charge in [-0.05, 0) is 18.2 Å². The Morgan fingerprint density at radius 1 is 1.28 bits per heavy atom. The smallest absolute Gasteiger partial charge is 0.326 e. The van der Waals surface area contributed by atoms with Crippen molar-refractivity contribution in [3.05, 3.63) is 44.6 Å². The van der Waals surface area contributed by atoms with Crippen molar-refractivity contribution in [2.75, 3.05) is 0 Å². The molecule has 0 aliphatic rings. The molecule has 0 unspecified atom stereocenters. The molecular formula is C12H9N3O3. The van der Waals surface area contributed by atoms with E-state index in [1.165, 1.54) is 6.07 Å². The highest BCUT2D eigenvalue weighted by Crippen LogP contribution is 2.07. The van der Waals surface area contributed by atoms with Crippen LogP contribution < -0.4 is 17.0 Å². The maximum absolute atomic E-state index is 11.5. The number of benzene rings is 1. The molecule has 1 amide bonds. The second kappa shape index (κ2) is 4.59. The van der Waals surface area contributed by atoms with Crippen molar-refractivity contribution >= 4 is 16.8 Å². The van der Waals surface area contributed by atoms with Crippen molar-refractivity contribution in [1.29, 1.82) is 0 Å². The van der Waals surface area contributed by atoms with Gasteiger partial charge in [-0.15, -0.1) is 0 Å². The van der Waals surface area contributed by atoms with Crippen molar-refractivity contribution in [2.45, 2.75) is 6.42 Å². The third kappa shape index (κ3) is 2.47. The summed E-state index contributed by atoms with van der Waals surface area (Å²) in [6, 6.07) is 4.77. The van der Waals surface area contributed by atoms with Crippen LogP contribution in [-0.2, 0) is 4.79 Å². The number of primary amides is 1. The van der Waals surface area contributed by atoms with Crippen molar-refractivity contribution in [3.63, 3.8) is 0 Å². The number of aromatic amines is 2. The quantitative estimate of drug-likeness (QED) is 0.584. The van der Waals surface area contributed by atoms with Crippen molar-refractivity contribution in [1.82, 2.24) is 9.97 Å². The van der Waals surface area contributed by atoms with E-state index in [9.17, 15) is 14.4 Å². The Morgan fingerprint density at radius 3 is 2.78 bits per heavy atom. The molecule has 6 heteroatoms. The summed E-state index contributed by atoms with van der Waals surface area (Å²) >= 11 is 0. The standard InChI is InChI=1S/C12H9N3O3/c13-10(16)3-1-2-7-4-5-9-8(6-7)11(17)15-12(18)14-9/h4-6H,3H2,(H2,13,16)(H2,14,15,17,18). The molecule has 90 valence electrons. The molecule has 0 saturated carbocycles. The Bertz CT molecular complexity index is 790. The average Bonchev–Trinajstić information content (AvgIpc) is 2.29. The number of nitrogens with two attached hydrogens (primary N) is 1. The van der Waals surface area contributed by atoms with Crippen LogP contribution in [0.25, 0.3) is 10.9 Å². The van der Waals surface area contributed by atoms with Crippen LogP contribution in [0.4, 0.5) is 0 Å². The molecule has 0 saturated heterocycles. The molecule has 2 aromatic rings. The number of aromatic nitrogens is 2. The second-order valence-corrected chi connectivity index (χ2v) is 3.61. The molecule has 2 rings (SSSR count). The number of fused-ring (bicyclic) bond motifs is 1. The average molecular weight is 243 g/mol. The monoisotopic (exact) mass is 243 g/mol. The lowest BCUT2D eigenvalue weighted by Crippen LogP contribution is -2.21. The van der Waals surface area contributed by atoms with E-state index in [0.717, 1.165) is 0 Å². The van der Waals surface area contributed by atoms with Gasteiger partial charge in [0.15, 0.2) is 0 Å². The number of rotatable bonds is 1. The zero-order valence-electron chi connectivity index (χ0n) is 9.24. The number of carbonyl (C=O) groups excluding carboxylic acids is 1. The van der Waals surface area contributed by atoms with Gasteiger partial charge in [-0.25, -0.2) is 4.79 Å². The normalized spacial score (nSPS) is 9.78. The SMILES string of the molecule is NC(=O)CC#Cc1ccc2[nH]c(=O)[nH]c(=O)c2c1. The zero-order chi connectivity index (χ0) is 13.1. The van der Waals surface area contributed by atoms with Gasteiger partial charge in [-0.1, -0.05) is 11.8 Å². The first kappa shape index (κ1) is 11.7. The van der Waals surface area contributed by atoms with Gasteiger partial charge in [0.2, 0.25) is 5.91 Å². The van der Waals surface area contributed by atoms with E-state index < -0.39 is 17.2 Å². The molecule has 1 aromatic carbocycles. The van der Waals surface area contributed by atoms with Crippen LogP contribution in [0.15, 0.2) is 27.8 Å². The molecule has 0 spiro atoms. The largest absolute Gasteiger partial charge is 0.369 e. The minimum atomic E-state index is -0.555. The molecule has 0 radical (unpaired) electrons. The molecule has 0 bridgehead atoms. The number of hydrogen-bond donors (Lipinski definition) is 3. The van der Waals surface area contributed by atoms with E-state index in [4.69, 9.17) is 5.73 Å². The summed E-state index contributed by atoms with van der Waals surface area (Å²) in [5, 5.41) is 0.334. The first-order valence-electron chi connectivity index (χ1n) is 5.10. The molecule has 0 aliphatic carbocycles. The summed E-state index contributed by atoms with van der Waals surface area (Å²) in [5.41, 5.74) is 4.92. The fraction of sp³-hybridized carbons (Fsp3) is 0.0833. The fourth-order valence-electron chi connectivity index (χ4n) is 1.48. The Kier molecular flexibility index (Phi) is 2.98. The minimum Gasteiger partial charge on any atom is -0.369 e. The van der Waals surface area contributed by atoms with Crippen molar-refractivity contribution in [2.24, 2.45) is 5.73 Å². The van der Waals surface area contributed by atoms with E-state index in [-0.39, 0.29) is 6.42 Å². The molecule has 1 aromatic heterocycles. The van der Waals surface area contributed by atoms with Crippen LogP contribution in [-0.4, -0.2) is 15.9 Å². The predicted molar refractivity (Wildman–Crippen MR) is 65.9 cm³/mol. The van der Waals surface area contributed by atoms with E-state index in [1.807, 2.05) is 0 Å². The van der Waals surface area contributed by atoms with E-state index in [0.29, 0.717) is 16.5 Å². The second-order valence-electron chi connectivity index (χ2n) is 3.61. The molecule has 6 nitrogen and oxygen atoms in total. The van der Waals surface area contributed by atoms with Crippen LogP contribution in [0.3, 0.4) is 0 Å². The van der Waals surface area contributed by atoms with Crippen molar-refractivity contribution < 1.29 is 4.79 Å². The highest BCUT2D eigenvalue weighted by molar-refractivity contribution is 5.79. The number of amides is 1. The van der Waals surface area contributed by atoms with Crippen molar-refractivity contribution in [3.8, 4) is 11.8 Å². The van der Waals surface area contributed by atoms with Gasteiger partial charge >= 0.3 is 5.69 Å². The third-order valence-electron chi connectivity index (χ3n) is 2.23. The Balaban J connectivity index is 2.50. The van der Waals surface area contributed by atoms with Gasteiger partial charge in [-0.2, -0.15) is 0 Å². The number of H-pyrrole nitrogens is 2. The number of carbonyl (C=O) groups is 1. The van der Waals surface area contributed by atoms with Crippen LogP contribution in [0.5, 0.6) is 0 Å². The van der Waals surface area contributed by atoms with Gasteiger partial charge in [0.25, 0.3) is 5.56 Å². The lowest BCUT2D eigenvalue weighted by atomic mass is 10.1. The molecule has 4 N–H and O–H groups in total.